The van der Waals surface area contributed by atoms with Crippen LogP contribution in [0.4, 0.5) is 0 Å². The Labute approximate surface area is 103 Å². The summed E-state index contributed by atoms with van der Waals surface area (Å²) in [5, 5.41) is 0. The molecule has 1 fully saturated rings. The number of hydrogen-bond donors (Lipinski definition) is 0. The van der Waals surface area contributed by atoms with Crippen molar-refractivity contribution in [2.45, 2.75) is 60.3 Å². The van der Waals surface area contributed by atoms with E-state index in [1.807, 2.05) is 0 Å². The lowest BCUT2D eigenvalue weighted by Crippen LogP contribution is -2.14. The topological polar surface area (TPSA) is 0 Å². The van der Waals surface area contributed by atoms with Crippen LogP contribution in [-0.2, 0) is 0 Å². The smallest absolute Gasteiger partial charge is 0.0143 e. The molecule has 16 heavy (non-hydrogen) atoms. The summed E-state index contributed by atoms with van der Waals surface area (Å²) >= 11 is 0. The molecule has 94 valence electrons. The first-order valence-corrected chi connectivity index (χ1v) is 7.23. The third-order valence-electron chi connectivity index (χ3n) is 4.76. The molecule has 1 saturated carbocycles. The highest BCUT2D eigenvalue weighted by Crippen LogP contribution is 2.59. The molecule has 0 aliphatic heterocycles. The van der Waals surface area contributed by atoms with E-state index in [1.54, 1.807) is 0 Å². The van der Waals surface area contributed by atoms with Gasteiger partial charge in [-0.2, -0.15) is 0 Å². The van der Waals surface area contributed by atoms with Gasteiger partial charge in [-0.25, -0.2) is 0 Å². The van der Waals surface area contributed by atoms with E-state index in [9.17, 15) is 0 Å². The van der Waals surface area contributed by atoms with Crippen LogP contribution in [0.5, 0.6) is 0 Å². The quantitative estimate of drug-likeness (QED) is 0.513. The minimum atomic E-state index is 0.846. The zero-order chi connectivity index (χ0) is 12.3. The summed E-state index contributed by atoms with van der Waals surface area (Å²) < 4.78 is 0. The molecular weight excluding hydrogens is 192 g/mol. The van der Waals surface area contributed by atoms with Gasteiger partial charge in [-0.15, -0.1) is 0 Å². The van der Waals surface area contributed by atoms with E-state index in [1.165, 1.54) is 31.3 Å². The molecule has 5 unspecified atom stereocenters. The van der Waals surface area contributed by atoms with Crippen LogP contribution in [-0.4, -0.2) is 0 Å². The van der Waals surface area contributed by atoms with Crippen molar-refractivity contribution in [2.75, 3.05) is 0 Å². The molecule has 0 heteroatoms. The Hall–Kier alpha value is -0.260. The van der Waals surface area contributed by atoms with Crippen LogP contribution in [0.3, 0.4) is 0 Å². The first-order valence-electron chi connectivity index (χ1n) is 7.23. The first-order chi connectivity index (χ1) is 7.58. The lowest BCUT2D eigenvalue weighted by Gasteiger charge is -2.22. The van der Waals surface area contributed by atoms with Crippen molar-refractivity contribution in [1.82, 2.24) is 0 Å². The molecule has 1 aliphatic carbocycles. The maximum atomic E-state index is 4.20. The second kappa shape index (κ2) is 5.89. The van der Waals surface area contributed by atoms with Crippen molar-refractivity contribution in [3.63, 3.8) is 0 Å². The maximum absolute atomic E-state index is 4.20. The van der Waals surface area contributed by atoms with Crippen molar-refractivity contribution >= 4 is 0 Å². The first kappa shape index (κ1) is 13.8. The number of hydrogen-bond acceptors (Lipinski definition) is 0. The van der Waals surface area contributed by atoms with Crippen molar-refractivity contribution in [3.05, 3.63) is 12.2 Å². The Morgan fingerprint density at radius 3 is 2.19 bits per heavy atom. The third-order valence-corrected chi connectivity index (χ3v) is 4.76. The van der Waals surface area contributed by atoms with Gasteiger partial charge in [-0.05, 0) is 42.9 Å². The summed E-state index contributed by atoms with van der Waals surface area (Å²) in [6.07, 6.45) is 5.43. The molecule has 0 nitrogen and oxygen atoms in total. The highest BCUT2D eigenvalue weighted by Gasteiger charge is 2.53. The molecule has 1 aliphatic rings. The van der Waals surface area contributed by atoms with Crippen molar-refractivity contribution in [1.29, 1.82) is 0 Å². The van der Waals surface area contributed by atoms with Crippen LogP contribution in [0, 0.1) is 29.6 Å². The van der Waals surface area contributed by atoms with Gasteiger partial charge < -0.3 is 0 Å². The Morgan fingerprint density at radius 1 is 1.19 bits per heavy atom. The maximum Gasteiger partial charge on any atom is -0.0143 e. The molecular formula is C16H30. The molecule has 0 spiro atoms. The monoisotopic (exact) mass is 222 g/mol. The molecule has 0 N–H and O–H groups in total. The summed E-state index contributed by atoms with van der Waals surface area (Å²) in [6.45, 7) is 15.9. The fraction of sp³-hybridized carbons (Fsp3) is 0.875. The zero-order valence-electron chi connectivity index (χ0n) is 11.9. The van der Waals surface area contributed by atoms with Crippen molar-refractivity contribution in [3.8, 4) is 0 Å². The zero-order valence-corrected chi connectivity index (χ0v) is 11.9. The lowest BCUT2D eigenvalue weighted by molar-refractivity contribution is 0.280. The van der Waals surface area contributed by atoms with Gasteiger partial charge in [-0.1, -0.05) is 59.1 Å². The normalized spacial score (nSPS) is 32.2. The molecule has 0 radical (unpaired) electrons. The highest BCUT2D eigenvalue weighted by atomic mass is 14.6. The van der Waals surface area contributed by atoms with E-state index in [4.69, 9.17) is 0 Å². The summed E-state index contributed by atoms with van der Waals surface area (Å²) in [5.41, 5.74) is 1.44. The molecule has 0 aromatic heterocycles. The fourth-order valence-electron chi connectivity index (χ4n) is 3.74. The molecule has 0 heterocycles. The van der Waals surface area contributed by atoms with Crippen molar-refractivity contribution in [2.24, 2.45) is 29.6 Å². The van der Waals surface area contributed by atoms with Gasteiger partial charge in [-0.3, -0.25) is 0 Å². The van der Waals surface area contributed by atoms with Crippen LogP contribution in [0.2, 0.25) is 0 Å². The van der Waals surface area contributed by atoms with Gasteiger partial charge in [0, 0.05) is 0 Å². The largest absolute Gasteiger partial charge is 0.0998 e. The van der Waals surface area contributed by atoms with Crippen molar-refractivity contribution < 1.29 is 0 Å². The van der Waals surface area contributed by atoms with E-state index in [2.05, 4.69) is 41.2 Å². The average molecular weight is 222 g/mol. The Bertz CT molecular complexity index is 228. The van der Waals surface area contributed by atoms with E-state index >= 15 is 0 Å². The van der Waals surface area contributed by atoms with Gasteiger partial charge >= 0.3 is 0 Å². The van der Waals surface area contributed by atoms with Gasteiger partial charge in [0.2, 0.25) is 0 Å². The summed E-state index contributed by atoms with van der Waals surface area (Å²) in [7, 11) is 0. The van der Waals surface area contributed by atoms with Gasteiger partial charge in [0.1, 0.15) is 0 Å². The average Bonchev–Trinajstić information content (AvgIpc) is 2.94. The molecule has 0 saturated heterocycles. The van der Waals surface area contributed by atoms with Gasteiger partial charge in [0.25, 0.3) is 0 Å². The molecule has 1 rings (SSSR count). The molecule has 5 atom stereocenters. The molecule has 0 aromatic rings. The second-order valence-corrected chi connectivity index (χ2v) is 5.86. The summed E-state index contributed by atoms with van der Waals surface area (Å²) in [4.78, 5) is 0. The van der Waals surface area contributed by atoms with Gasteiger partial charge in [0.15, 0.2) is 0 Å². The third kappa shape index (κ3) is 2.70. The minimum absolute atomic E-state index is 0.846. The van der Waals surface area contributed by atoms with E-state index in [0.29, 0.717) is 0 Å². The van der Waals surface area contributed by atoms with Crippen LogP contribution >= 0.6 is 0 Å². The standard InChI is InChI=1S/C16H30/c1-7-10-14-15(11(4)5)16(14)13(9-3)12(6)8-2/h12-16H,4,7-10H2,1-3,5-6H3. The predicted octanol–water partition coefficient (Wildman–Crippen LogP) is 5.30. The fourth-order valence-corrected chi connectivity index (χ4v) is 3.74. The highest BCUT2D eigenvalue weighted by molar-refractivity contribution is 5.15. The molecule has 0 amide bonds. The minimum Gasteiger partial charge on any atom is -0.0998 e. The van der Waals surface area contributed by atoms with Crippen LogP contribution < -0.4 is 0 Å². The van der Waals surface area contributed by atoms with E-state index < -0.39 is 0 Å². The summed E-state index contributed by atoms with van der Waals surface area (Å²) in [6, 6.07) is 0. The number of rotatable bonds is 7. The predicted molar refractivity (Wildman–Crippen MR) is 73.4 cm³/mol. The summed E-state index contributed by atoms with van der Waals surface area (Å²) in [5.74, 6) is 4.58. The second-order valence-electron chi connectivity index (χ2n) is 5.86. The van der Waals surface area contributed by atoms with Crippen LogP contribution in [0.15, 0.2) is 12.2 Å². The molecule has 0 aromatic carbocycles. The van der Waals surface area contributed by atoms with E-state index in [-0.39, 0.29) is 0 Å². The van der Waals surface area contributed by atoms with Crippen LogP contribution in [0.25, 0.3) is 0 Å². The number of allylic oxidation sites excluding steroid dienone is 1. The molecule has 0 bridgehead atoms. The van der Waals surface area contributed by atoms with Gasteiger partial charge in [0.05, 0.1) is 0 Å². The lowest BCUT2D eigenvalue weighted by atomic mass is 9.83. The van der Waals surface area contributed by atoms with Crippen LogP contribution in [0.1, 0.15) is 60.3 Å². The Balaban J connectivity index is 2.67. The Kier molecular flexibility index (Phi) is 5.08. The Morgan fingerprint density at radius 2 is 1.81 bits per heavy atom. The SMILES string of the molecule is C=C(C)C1C(CCC)C1C(CC)C(C)CC. The van der Waals surface area contributed by atoms with E-state index in [0.717, 1.165) is 29.6 Å².